The van der Waals surface area contributed by atoms with Crippen molar-refractivity contribution in [2.75, 3.05) is 7.11 Å². The monoisotopic (exact) mass is 258 g/mol. The molecule has 0 saturated carbocycles. The summed E-state index contributed by atoms with van der Waals surface area (Å²) in [6.07, 6.45) is 0.713. The molecule has 0 spiro atoms. The zero-order chi connectivity index (χ0) is 13.7. The van der Waals surface area contributed by atoms with Crippen molar-refractivity contribution in [1.29, 1.82) is 0 Å². The number of ketones is 1. The van der Waals surface area contributed by atoms with Crippen LogP contribution in [0.2, 0.25) is 0 Å². The van der Waals surface area contributed by atoms with E-state index in [-0.39, 0.29) is 11.6 Å². The molecule has 19 heavy (non-hydrogen) atoms. The van der Waals surface area contributed by atoms with Crippen LogP contribution in [0.25, 0.3) is 0 Å². The van der Waals surface area contributed by atoms with E-state index in [1.807, 2.05) is 0 Å². The molecule has 0 radical (unpaired) electrons. The maximum atomic E-state index is 13.4. The molecular weight excluding hydrogens is 243 g/mol. The van der Waals surface area contributed by atoms with Crippen LogP contribution in [0.1, 0.15) is 22.3 Å². The van der Waals surface area contributed by atoms with Crippen LogP contribution in [-0.4, -0.2) is 12.9 Å². The second kappa shape index (κ2) is 6.14. The van der Waals surface area contributed by atoms with Gasteiger partial charge in [0, 0.05) is 12.0 Å². The molecule has 2 rings (SSSR count). The van der Waals surface area contributed by atoms with E-state index in [1.54, 1.807) is 49.6 Å². The minimum Gasteiger partial charge on any atom is -0.497 e. The van der Waals surface area contributed by atoms with E-state index in [4.69, 9.17) is 4.74 Å². The maximum absolute atomic E-state index is 13.4. The molecule has 0 bridgehead atoms. The van der Waals surface area contributed by atoms with Gasteiger partial charge < -0.3 is 4.74 Å². The van der Waals surface area contributed by atoms with Crippen molar-refractivity contribution in [1.82, 2.24) is 0 Å². The smallest absolute Gasteiger partial charge is 0.163 e. The van der Waals surface area contributed by atoms with E-state index >= 15 is 0 Å². The lowest BCUT2D eigenvalue weighted by Gasteiger charge is -2.04. The van der Waals surface area contributed by atoms with E-state index in [1.165, 1.54) is 6.07 Å². The Hall–Kier alpha value is -2.16. The molecule has 0 aromatic heterocycles. The average Bonchev–Trinajstić information content (AvgIpc) is 2.46. The third-order valence-electron chi connectivity index (χ3n) is 2.99. The minimum atomic E-state index is -0.259. The molecule has 0 atom stereocenters. The number of Topliss-reactive ketones (excluding diaryl/α,β-unsaturated/α-hetero) is 1. The Kier molecular flexibility index (Phi) is 4.29. The summed E-state index contributed by atoms with van der Waals surface area (Å²) in [5.74, 6) is 0.460. The molecule has 0 aliphatic carbocycles. The van der Waals surface area contributed by atoms with Crippen LogP contribution in [0.5, 0.6) is 5.75 Å². The Bertz CT molecular complexity index is 561. The number of carbonyl (C=O) groups is 1. The van der Waals surface area contributed by atoms with E-state index < -0.39 is 0 Å². The van der Waals surface area contributed by atoms with Gasteiger partial charge in [-0.25, -0.2) is 4.39 Å². The molecule has 0 unspecified atom stereocenters. The van der Waals surface area contributed by atoms with Gasteiger partial charge in [0.2, 0.25) is 0 Å². The van der Waals surface area contributed by atoms with Crippen LogP contribution in [0.15, 0.2) is 48.5 Å². The van der Waals surface area contributed by atoms with Gasteiger partial charge >= 0.3 is 0 Å². The molecule has 2 nitrogen and oxygen atoms in total. The Balaban J connectivity index is 1.99. The second-order valence-corrected chi connectivity index (χ2v) is 4.24. The number of ether oxygens (including phenoxy) is 1. The summed E-state index contributed by atoms with van der Waals surface area (Å²) < 4.78 is 18.4. The average molecular weight is 258 g/mol. The number of hydrogen-bond donors (Lipinski definition) is 0. The van der Waals surface area contributed by atoms with Crippen LogP contribution in [0.4, 0.5) is 4.39 Å². The lowest BCUT2D eigenvalue weighted by Crippen LogP contribution is -2.02. The zero-order valence-corrected chi connectivity index (χ0v) is 10.7. The highest BCUT2D eigenvalue weighted by Gasteiger charge is 2.08. The standard InChI is InChI=1S/C16H15FO2/c1-19-14-9-6-13(7-10-14)16(18)11-8-12-4-2-3-5-15(12)17/h2-7,9-10H,8,11H2,1H3. The number of halogens is 1. The lowest BCUT2D eigenvalue weighted by atomic mass is 10.0. The fraction of sp³-hybridized carbons (Fsp3) is 0.188. The van der Waals surface area contributed by atoms with Gasteiger partial charge in [-0.05, 0) is 42.3 Å². The largest absolute Gasteiger partial charge is 0.497 e. The van der Waals surface area contributed by atoms with Crippen molar-refractivity contribution in [2.45, 2.75) is 12.8 Å². The van der Waals surface area contributed by atoms with Crippen LogP contribution in [-0.2, 0) is 6.42 Å². The van der Waals surface area contributed by atoms with Gasteiger partial charge in [-0.2, -0.15) is 0 Å². The van der Waals surface area contributed by atoms with E-state index in [0.29, 0.717) is 29.7 Å². The summed E-state index contributed by atoms with van der Waals surface area (Å²) >= 11 is 0. The first-order valence-electron chi connectivity index (χ1n) is 6.11. The third kappa shape index (κ3) is 3.41. The molecular formula is C16H15FO2. The first-order chi connectivity index (χ1) is 9.20. The zero-order valence-electron chi connectivity index (χ0n) is 10.7. The SMILES string of the molecule is COc1ccc(C(=O)CCc2ccccc2F)cc1. The summed E-state index contributed by atoms with van der Waals surface area (Å²) in [6, 6.07) is 13.5. The molecule has 2 aromatic carbocycles. The highest BCUT2D eigenvalue weighted by Crippen LogP contribution is 2.15. The van der Waals surface area contributed by atoms with Gasteiger partial charge in [0.1, 0.15) is 11.6 Å². The molecule has 0 amide bonds. The second-order valence-electron chi connectivity index (χ2n) is 4.24. The van der Waals surface area contributed by atoms with Crippen molar-refractivity contribution in [2.24, 2.45) is 0 Å². The fourth-order valence-electron chi connectivity index (χ4n) is 1.87. The van der Waals surface area contributed by atoms with Gasteiger partial charge in [0.25, 0.3) is 0 Å². The molecule has 0 aliphatic heterocycles. The van der Waals surface area contributed by atoms with Crippen molar-refractivity contribution < 1.29 is 13.9 Å². The van der Waals surface area contributed by atoms with Crippen molar-refractivity contribution in [3.63, 3.8) is 0 Å². The highest BCUT2D eigenvalue weighted by molar-refractivity contribution is 5.96. The first-order valence-corrected chi connectivity index (χ1v) is 6.11. The first kappa shape index (κ1) is 13.3. The third-order valence-corrected chi connectivity index (χ3v) is 2.99. The molecule has 0 aliphatic rings. The Morgan fingerprint density at radius 1 is 1.11 bits per heavy atom. The molecule has 0 N–H and O–H groups in total. The normalized spacial score (nSPS) is 10.2. The predicted molar refractivity (Wildman–Crippen MR) is 72.0 cm³/mol. The van der Waals surface area contributed by atoms with Gasteiger partial charge in [-0.3, -0.25) is 4.79 Å². The summed E-state index contributed by atoms with van der Waals surface area (Å²) in [4.78, 5) is 12.0. The predicted octanol–water partition coefficient (Wildman–Crippen LogP) is 3.65. The number of rotatable bonds is 5. The molecule has 98 valence electrons. The van der Waals surface area contributed by atoms with Crippen LogP contribution < -0.4 is 4.74 Å². The van der Waals surface area contributed by atoms with E-state index in [0.717, 1.165) is 0 Å². The lowest BCUT2D eigenvalue weighted by molar-refractivity contribution is 0.0982. The van der Waals surface area contributed by atoms with Gasteiger partial charge in [-0.1, -0.05) is 18.2 Å². The number of aryl methyl sites for hydroxylation is 1. The van der Waals surface area contributed by atoms with Gasteiger partial charge in [0.05, 0.1) is 7.11 Å². The van der Waals surface area contributed by atoms with E-state index in [2.05, 4.69) is 0 Å². The van der Waals surface area contributed by atoms with Crippen LogP contribution >= 0.6 is 0 Å². The molecule has 0 fully saturated rings. The Morgan fingerprint density at radius 2 is 1.79 bits per heavy atom. The molecule has 3 heteroatoms. The van der Waals surface area contributed by atoms with Crippen LogP contribution in [0, 0.1) is 5.82 Å². The van der Waals surface area contributed by atoms with Crippen molar-refractivity contribution in [3.8, 4) is 5.75 Å². The fourth-order valence-corrected chi connectivity index (χ4v) is 1.87. The summed E-state index contributed by atoms with van der Waals surface area (Å²) in [5.41, 5.74) is 1.20. The number of hydrogen-bond acceptors (Lipinski definition) is 2. The van der Waals surface area contributed by atoms with Gasteiger partial charge in [0.15, 0.2) is 5.78 Å². The van der Waals surface area contributed by atoms with E-state index in [9.17, 15) is 9.18 Å². The molecule has 0 saturated heterocycles. The number of methoxy groups -OCH3 is 1. The minimum absolute atomic E-state index is 0.00547. The quantitative estimate of drug-likeness (QED) is 0.765. The number of benzene rings is 2. The van der Waals surface area contributed by atoms with Crippen molar-refractivity contribution >= 4 is 5.78 Å². The maximum Gasteiger partial charge on any atom is 0.163 e. The number of carbonyl (C=O) groups excluding carboxylic acids is 1. The topological polar surface area (TPSA) is 26.3 Å². The summed E-state index contributed by atoms with van der Waals surface area (Å²) in [7, 11) is 1.58. The Labute approximate surface area is 111 Å². The molecule has 2 aromatic rings. The van der Waals surface area contributed by atoms with Crippen LogP contribution in [0.3, 0.4) is 0 Å². The van der Waals surface area contributed by atoms with Crippen molar-refractivity contribution in [3.05, 3.63) is 65.5 Å². The summed E-state index contributed by atoms with van der Waals surface area (Å²) in [5, 5.41) is 0. The summed E-state index contributed by atoms with van der Waals surface area (Å²) in [6.45, 7) is 0. The molecule has 0 heterocycles. The Morgan fingerprint density at radius 3 is 2.42 bits per heavy atom. The van der Waals surface area contributed by atoms with Gasteiger partial charge in [-0.15, -0.1) is 0 Å². The highest BCUT2D eigenvalue weighted by atomic mass is 19.1.